The Morgan fingerprint density at radius 1 is 1.35 bits per heavy atom. The zero-order chi connectivity index (χ0) is 14.5. The Balaban J connectivity index is 2.11. The maximum Gasteiger partial charge on any atom is 0.219 e. The van der Waals surface area contributed by atoms with Crippen molar-refractivity contribution in [3.63, 3.8) is 0 Å². The van der Waals surface area contributed by atoms with Crippen LogP contribution in [0.25, 0.3) is 0 Å². The second-order valence-electron chi connectivity index (χ2n) is 4.33. The number of pyridine rings is 1. The Labute approximate surface area is 122 Å². The van der Waals surface area contributed by atoms with Crippen molar-refractivity contribution in [2.45, 2.75) is 19.6 Å². The number of methoxy groups -OCH3 is 1. The van der Waals surface area contributed by atoms with Gasteiger partial charge in [-0.1, -0.05) is 17.7 Å². The van der Waals surface area contributed by atoms with Gasteiger partial charge in [0.05, 0.1) is 23.8 Å². The van der Waals surface area contributed by atoms with Gasteiger partial charge in [0.15, 0.2) is 0 Å². The lowest BCUT2D eigenvalue weighted by Crippen LogP contribution is -2.01. The summed E-state index contributed by atoms with van der Waals surface area (Å²) in [4.78, 5) is 4.10. The molecule has 0 spiro atoms. The quantitative estimate of drug-likeness (QED) is 0.918. The van der Waals surface area contributed by atoms with E-state index in [0.717, 1.165) is 11.1 Å². The first-order valence-corrected chi connectivity index (χ1v) is 6.58. The largest absolute Gasteiger partial charge is 0.487 e. The van der Waals surface area contributed by atoms with E-state index in [9.17, 15) is 5.11 Å². The van der Waals surface area contributed by atoms with Crippen LogP contribution in [0, 0.1) is 0 Å². The molecule has 1 aromatic carbocycles. The molecule has 1 N–H and O–H groups in total. The van der Waals surface area contributed by atoms with Gasteiger partial charge in [-0.2, -0.15) is 0 Å². The molecule has 2 rings (SSSR count). The van der Waals surface area contributed by atoms with E-state index in [0.29, 0.717) is 23.3 Å². The third kappa shape index (κ3) is 3.40. The fourth-order valence-electron chi connectivity index (χ4n) is 1.77. The molecule has 106 valence electrons. The molecule has 20 heavy (non-hydrogen) atoms. The van der Waals surface area contributed by atoms with Gasteiger partial charge in [-0.15, -0.1) is 0 Å². The number of rotatable bonds is 5. The molecule has 0 aliphatic heterocycles. The first kappa shape index (κ1) is 14.6. The molecule has 1 heterocycles. The maximum atomic E-state index is 9.49. The van der Waals surface area contributed by atoms with E-state index in [-0.39, 0.29) is 0 Å². The molecule has 1 aromatic heterocycles. The fourth-order valence-corrected chi connectivity index (χ4v) is 2.01. The summed E-state index contributed by atoms with van der Waals surface area (Å²) in [7, 11) is 1.57. The van der Waals surface area contributed by atoms with Crippen molar-refractivity contribution in [3.05, 3.63) is 52.7 Å². The van der Waals surface area contributed by atoms with Crippen LogP contribution in [0.3, 0.4) is 0 Å². The first-order valence-electron chi connectivity index (χ1n) is 6.20. The summed E-state index contributed by atoms with van der Waals surface area (Å²) < 4.78 is 10.8. The van der Waals surface area contributed by atoms with Crippen LogP contribution in [0.2, 0.25) is 5.02 Å². The van der Waals surface area contributed by atoms with Gasteiger partial charge in [0, 0.05) is 6.20 Å². The molecular formula is C15H16ClNO3. The van der Waals surface area contributed by atoms with E-state index in [1.165, 1.54) is 0 Å². The van der Waals surface area contributed by atoms with Gasteiger partial charge in [0.25, 0.3) is 0 Å². The topological polar surface area (TPSA) is 51.6 Å². The molecule has 0 unspecified atom stereocenters. The fraction of sp³-hybridized carbons (Fsp3) is 0.267. The van der Waals surface area contributed by atoms with Gasteiger partial charge in [-0.05, 0) is 36.8 Å². The lowest BCUT2D eigenvalue weighted by atomic mass is 10.1. The van der Waals surface area contributed by atoms with Gasteiger partial charge in [-0.25, -0.2) is 4.98 Å². The third-order valence-corrected chi connectivity index (χ3v) is 3.16. The molecule has 5 heteroatoms. The van der Waals surface area contributed by atoms with Crippen molar-refractivity contribution >= 4 is 11.6 Å². The zero-order valence-corrected chi connectivity index (χ0v) is 12.1. The van der Waals surface area contributed by atoms with Gasteiger partial charge in [0.2, 0.25) is 5.88 Å². The van der Waals surface area contributed by atoms with Gasteiger partial charge < -0.3 is 14.6 Å². The summed E-state index contributed by atoms with van der Waals surface area (Å²) in [5, 5.41) is 9.96. The Bertz CT molecular complexity index is 587. The molecule has 0 fully saturated rings. The Kier molecular flexibility index (Phi) is 4.82. The van der Waals surface area contributed by atoms with E-state index in [4.69, 9.17) is 21.1 Å². The minimum Gasteiger partial charge on any atom is -0.487 e. The standard InChI is InChI=1S/C15H16ClNO3/c1-10(18)11-5-6-14(13(16)8-11)20-9-12-4-3-7-17-15(12)19-2/h3-8,10,18H,9H2,1-2H3/t10-/m1/s1. The highest BCUT2D eigenvalue weighted by Crippen LogP contribution is 2.29. The number of halogens is 1. The molecule has 4 nitrogen and oxygen atoms in total. The van der Waals surface area contributed by atoms with Gasteiger partial charge in [0.1, 0.15) is 12.4 Å². The summed E-state index contributed by atoms with van der Waals surface area (Å²) in [6, 6.07) is 8.92. The van der Waals surface area contributed by atoms with Crippen molar-refractivity contribution in [1.82, 2.24) is 4.98 Å². The second-order valence-corrected chi connectivity index (χ2v) is 4.73. The maximum absolute atomic E-state index is 9.49. The molecular weight excluding hydrogens is 278 g/mol. The second kappa shape index (κ2) is 6.59. The van der Waals surface area contributed by atoms with Crippen molar-refractivity contribution in [3.8, 4) is 11.6 Å². The molecule has 0 amide bonds. The van der Waals surface area contributed by atoms with Crippen molar-refractivity contribution in [1.29, 1.82) is 0 Å². The number of aromatic nitrogens is 1. The summed E-state index contributed by atoms with van der Waals surface area (Å²) in [6.45, 7) is 2.00. The van der Waals surface area contributed by atoms with Crippen LogP contribution in [0.4, 0.5) is 0 Å². The van der Waals surface area contributed by atoms with Crippen molar-refractivity contribution in [2.75, 3.05) is 7.11 Å². The smallest absolute Gasteiger partial charge is 0.219 e. The Hall–Kier alpha value is -1.78. The number of hydrogen-bond acceptors (Lipinski definition) is 4. The van der Waals surface area contributed by atoms with E-state index < -0.39 is 6.10 Å². The first-order chi connectivity index (χ1) is 9.61. The summed E-state index contributed by atoms with van der Waals surface area (Å²) in [6.07, 6.45) is 1.10. The van der Waals surface area contributed by atoms with E-state index >= 15 is 0 Å². The van der Waals surface area contributed by atoms with Crippen molar-refractivity contribution in [2.24, 2.45) is 0 Å². The summed E-state index contributed by atoms with van der Waals surface area (Å²) >= 11 is 6.13. The average Bonchev–Trinajstić information content (AvgIpc) is 2.46. The van der Waals surface area contributed by atoms with E-state index in [2.05, 4.69) is 4.98 Å². The predicted molar refractivity (Wildman–Crippen MR) is 77.2 cm³/mol. The minimum absolute atomic E-state index is 0.310. The van der Waals surface area contributed by atoms with E-state index in [1.54, 1.807) is 38.4 Å². The summed E-state index contributed by atoms with van der Waals surface area (Å²) in [5.41, 5.74) is 1.59. The summed E-state index contributed by atoms with van der Waals surface area (Å²) in [5.74, 6) is 1.09. The lowest BCUT2D eigenvalue weighted by molar-refractivity contribution is 0.199. The van der Waals surface area contributed by atoms with Crippen LogP contribution in [0.1, 0.15) is 24.2 Å². The number of nitrogens with zero attached hydrogens (tertiary/aromatic N) is 1. The van der Waals surface area contributed by atoms with Crippen LogP contribution < -0.4 is 9.47 Å². The normalized spacial score (nSPS) is 12.0. The monoisotopic (exact) mass is 293 g/mol. The Morgan fingerprint density at radius 3 is 2.80 bits per heavy atom. The van der Waals surface area contributed by atoms with Gasteiger partial charge >= 0.3 is 0 Å². The van der Waals surface area contributed by atoms with Crippen LogP contribution >= 0.6 is 11.6 Å². The highest BCUT2D eigenvalue weighted by molar-refractivity contribution is 6.32. The molecule has 0 radical (unpaired) electrons. The highest BCUT2D eigenvalue weighted by Gasteiger charge is 2.09. The molecule has 0 saturated heterocycles. The van der Waals surface area contributed by atoms with Gasteiger partial charge in [-0.3, -0.25) is 0 Å². The molecule has 0 saturated carbocycles. The number of ether oxygens (including phenoxy) is 2. The highest BCUT2D eigenvalue weighted by atomic mass is 35.5. The van der Waals surface area contributed by atoms with Crippen LogP contribution in [-0.2, 0) is 6.61 Å². The van der Waals surface area contributed by atoms with Crippen LogP contribution in [0.15, 0.2) is 36.5 Å². The average molecular weight is 294 g/mol. The Morgan fingerprint density at radius 2 is 2.15 bits per heavy atom. The van der Waals surface area contributed by atoms with E-state index in [1.807, 2.05) is 12.1 Å². The predicted octanol–water partition coefficient (Wildman–Crippen LogP) is 3.38. The molecule has 0 aliphatic rings. The van der Waals surface area contributed by atoms with Crippen LogP contribution in [-0.4, -0.2) is 17.2 Å². The number of aliphatic hydroxyl groups excluding tert-OH is 1. The van der Waals surface area contributed by atoms with Crippen LogP contribution in [0.5, 0.6) is 11.6 Å². The molecule has 0 aliphatic carbocycles. The lowest BCUT2D eigenvalue weighted by Gasteiger charge is -2.12. The number of hydrogen-bond donors (Lipinski definition) is 1. The zero-order valence-electron chi connectivity index (χ0n) is 11.3. The molecule has 2 aromatic rings. The number of benzene rings is 1. The number of aliphatic hydroxyl groups is 1. The molecule has 1 atom stereocenters. The third-order valence-electron chi connectivity index (χ3n) is 2.86. The van der Waals surface area contributed by atoms with Crippen molar-refractivity contribution < 1.29 is 14.6 Å². The minimum atomic E-state index is -0.556. The SMILES string of the molecule is COc1ncccc1COc1ccc([C@@H](C)O)cc1Cl. The molecule has 0 bridgehead atoms.